The standard InChI is InChI=1S/C72H84N4O12Si8/c1-89(2,81-61-37-21-13-29-53(61)69-73-57-33-17-25-41-65(57)77-69)45-49-93(9)85-94(10,50-46-90(3,4)82-62-38-22-14-30-54(62)70-74-58-34-18-26-42-66(58)78-70)87-96(12,52-48-92(7,8)84-64-40-24-16-32-56(64)72-76-60-36-20-28-44-68(60)80-72)88-95(11,86-93)51-47-91(5,6)83-63-39-23-15-31-55(63)71-75-59-35-19-27-43-67(59)79-71/h13-44H,45-52H2,1-12H3. The zero-order valence-corrected chi connectivity index (χ0v) is 64.8. The molecule has 0 amide bonds. The number of nitrogens with zero attached hydrogens (tertiary/aromatic N) is 4. The minimum Gasteiger partial charge on any atom is -0.544 e. The molecular weight excluding hydrogens is 1340 g/mol. The second-order valence-electron chi connectivity index (χ2n) is 28.3. The molecule has 0 spiro atoms. The van der Waals surface area contributed by atoms with E-state index in [1.54, 1.807) is 0 Å². The summed E-state index contributed by atoms with van der Waals surface area (Å²) in [5, 5.41) is 0. The van der Waals surface area contributed by atoms with E-state index >= 15 is 0 Å². The number of hydrogen-bond acceptors (Lipinski definition) is 16. The smallest absolute Gasteiger partial charge is 0.317 e. The summed E-state index contributed by atoms with van der Waals surface area (Å²) in [5.41, 5.74) is 9.30. The van der Waals surface area contributed by atoms with E-state index in [1.807, 2.05) is 194 Å². The third-order valence-electron chi connectivity index (χ3n) is 17.6. The van der Waals surface area contributed by atoms with Gasteiger partial charge >= 0.3 is 34.2 Å². The average Bonchev–Trinajstić information content (AvgIpc) is 1.11. The van der Waals surface area contributed by atoms with Crippen molar-refractivity contribution in [3.05, 3.63) is 194 Å². The van der Waals surface area contributed by atoms with Crippen LogP contribution in [-0.2, 0) is 16.5 Å². The van der Waals surface area contributed by atoms with Gasteiger partial charge in [0.25, 0.3) is 0 Å². The zero-order chi connectivity index (χ0) is 67.1. The van der Waals surface area contributed by atoms with Crippen LogP contribution in [0.25, 0.3) is 90.2 Å². The molecule has 0 aliphatic carbocycles. The molecule has 0 bridgehead atoms. The maximum Gasteiger partial charge on any atom is 0.317 e. The van der Waals surface area contributed by atoms with Crippen molar-refractivity contribution < 1.29 is 51.8 Å². The van der Waals surface area contributed by atoms with Crippen molar-refractivity contribution in [2.75, 3.05) is 0 Å². The van der Waals surface area contributed by atoms with E-state index in [4.69, 9.17) is 71.8 Å². The van der Waals surface area contributed by atoms with Gasteiger partial charge in [0.05, 0.1) is 22.3 Å². The van der Waals surface area contributed by atoms with Crippen LogP contribution in [-0.4, -0.2) is 87.4 Å². The maximum atomic E-state index is 8.07. The summed E-state index contributed by atoms with van der Waals surface area (Å²) in [6.07, 6.45) is 0. The minimum absolute atomic E-state index is 0.521. The molecular formula is C72H84N4O12Si8. The number of fused-ring (bicyclic) bond motifs is 4. The van der Waals surface area contributed by atoms with Crippen LogP contribution in [0, 0.1) is 0 Å². The summed E-state index contributed by atoms with van der Waals surface area (Å²) in [6, 6.07) is 69.0. The molecule has 1 fully saturated rings. The number of aromatic nitrogens is 4. The SMILES string of the molecule is C[Si](C)(CC[Si]1(C)O[Si](C)(CC[Si](C)(C)Oc2ccccc2-c2nc3ccccc3o2)O[Si](C)(CC[Si](C)(C)Oc2ccccc2-c2nc3ccccc3o2)O[Si](C)(CC[Si](C)(C)Oc2ccccc2-c2nc3ccccc3o2)O1)Oc1ccccc1-c1nc2ccccc2o1. The fraction of sp³-hybridized carbons (Fsp3) is 0.278. The lowest BCUT2D eigenvalue weighted by atomic mass is 10.2. The molecule has 24 heteroatoms. The van der Waals surface area contributed by atoms with Crippen LogP contribution >= 0.6 is 0 Å². The fourth-order valence-electron chi connectivity index (χ4n) is 12.7. The Balaban J connectivity index is 0.825. The molecule has 0 radical (unpaired) electrons. The highest BCUT2D eigenvalue weighted by molar-refractivity contribution is 6.95. The van der Waals surface area contributed by atoms with Crippen molar-refractivity contribution in [3.8, 4) is 68.8 Å². The van der Waals surface area contributed by atoms with Gasteiger partial charge in [-0.2, -0.15) is 0 Å². The Morgan fingerprint density at radius 1 is 0.271 bits per heavy atom. The molecule has 13 rings (SSSR count). The first-order valence-electron chi connectivity index (χ1n) is 33.1. The summed E-state index contributed by atoms with van der Waals surface area (Å²) in [7, 11) is -23.7. The molecule has 8 aromatic carbocycles. The van der Waals surface area contributed by atoms with Crippen molar-refractivity contribution >= 4 is 112 Å². The summed E-state index contributed by atoms with van der Waals surface area (Å²) in [5.74, 6) is 5.02. The fourth-order valence-corrected chi connectivity index (χ4v) is 53.2. The zero-order valence-electron chi connectivity index (χ0n) is 56.8. The first-order valence-corrected chi connectivity index (χ1v) is 55.7. The molecule has 16 nitrogen and oxygen atoms in total. The molecule has 0 unspecified atom stereocenters. The second-order valence-corrected chi connectivity index (χ2v) is 59.6. The lowest BCUT2D eigenvalue weighted by Crippen LogP contribution is -2.68. The summed E-state index contributed by atoms with van der Waals surface area (Å²) in [4.78, 5) is 19.5. The highest BCUT2D eigenvalue weighted by atomic mass is 28.5. The quantitative estimate of drug-likeness (QED) is 0.0521. The maximum absolute atomic E-state index is 8.07. The van der Waals surface area contributed by atoms with Crippen molar-refractivity contribution in [1.82, 2.24) is 19.9 Å². The predicted molar refractivity (Wildman–Crippen MR) is 399 cm³/mol. The monoisotopic (exact) mass is 1420 g/mol. The molecule has 0 saturated carbocycles. The van der Waals surface area contributed by atoms with Crippen LogP contribution in [0.1, 0.15) is 0 Å². The van der Waals surface area contributed by atoms with E-state index in [0.29, 0.717) is 47.7 Å². The first kappa shape index (κ1) is 67.0. The third kappa shape index (κ3) is 15.7. The summed E-state index contributed by atoms with van der Waals surface area (Å²) in [6.45, 7) is 27.2. The van der Waals surface area contributed by atoms with Gasteiger partial charge < -0.3 is 51.8 Å². The number of para-hydroxylation sites is 12. The molecule has 1 saturated heterocycles. The number of hydrogen-bond donors (Lipinski definition) is 0. The van der Waals surface area contributed by atoms with Gasteiger partial charge in [-0.15, -0.1) is 0 Å². The Labute approximate surface area is 569 Å². The molecule has 5 heterocycles. The first-order chi connectivity index (χ1) is 45.8. The lowest BCUT2D eigenvalue weighted by molar-refractivity contribution is 0.224. The van der Waals surface area contributed by atoms with Crippen molar-refractivity contribution in [1.29, 1.82) is 0 Å². The molecule has 0 atom stereocenters. The van der Waals surface area contributed by atoms with E-state index in [9.17, 15) is 0 Å². The van der Waals surface area contributed by atoms with Crippen LogP contribution in [0.15, 0.2) is 212 Å². The van der Waals surface area contributed by atoms with Crippen molar-refractivity contribution in [3.63, 3.8) is 0 Å². The Kier molecular flexibility index (Phi) is 18.6. The van der Waals surface area contributed by atoms with Gasteiger partial charge in [0.2, 0.25) is 56.8 Å². The van der Waals surface area contributed by atoms with Gasteiger partial charge in [-0.1, -0.05) is 97.1 Å². The van der Waals surface area contributed by atoms with Gasteiger partial charge in [0.1, 0.15) is 45.1 Å². The highest BCUT2D eigenvalue weighted by Gasteiger charge is 2.58. The highest BCUT2D eigenvalue weighted by Crippen LogP contribution is 2.45. The van der Waals surface area contributed by atoms with Crippen LogP contribution in [0.3, 0.4) is 0 Å². The van der Waals surface area contributed by atoms with E-state index < -0.39 is 67.5 Å². The van der Waals surface area contributed by atoms with Crippen molar-refractivity contribution in [2.24, 2.45) is 0 Å². The van der Waals surface area contributed by atoms with Crippen LogP contribution in [0.5, 0.6) is 23.0 Å². The molecule has 4 aromatic heterocycles. The van der Waals surface area contributed by atoms with Crippen LogP contribution in [0.2, 0.25) is 127 Å². The van der Waals surface area contributed by atoms with Gasteiger partial charge in [-0.25, -0.2) is 19.9 Å². The van der Waals surface area contributed by atoms with E-state index in [2.05, 4.69) is 78.6 Å². The van der Waals surface area contributed by atoms with Crippen LogP contribution in [0.4, 0.5) is 0 Å². The Morgan fingerprint density at radius 2 is 0.458 bits per heavy atom. The van der Waals surface area contributed by atoms with Crippen molar-refractivity contribution in [2.45, 2.75) is 127 Å². The topological polar surface area (TPSA) is 178 Å². The Hall–Kier alpha value is -7.58. The van der Waals surface area contributed by atoms with Gasteiger partial charge in [-0.05, 0) is 224 Å². The molecule has 12 aromatic rings. The molecule has 1 aliphatic rings. The minimum atomic E-state index is -3.32. The van der Waals surface area contributed by atoms with E-state index in [1.165, 1.54) is 0 Å². The van der Waals surface area contributed by atoms with Crippen LogP contribution < -0.4 is 17.7 Å². The summed E-state index contributed by atoms with van der Waals surface area (Å²) >= 11 is 0. The van der Waals surface area contributed by atoms with E-state index in [-0.39, 0.29) is 0 Å². The number of benzene rings is 8. The largest absolute Gasteiger partial charge is 0.544 e. The third-order valence-corrected chi connectivity index (χ3v) is 47.0. The predicted octanol–water partition coefficient (Wildman–Crippen LogP) is 20.7. The summed E-state index contributed by atoms with van der Waals surface area (Å²) < 4.78 is 86.6. The molecule has 496 valence electrons. The molecule has 96 heavy (non-hydrogen) atoms. The van der Waals surface area contributed by atoms with E-state index in [0.717, 1.165) is 114 Å². The Bertz CT molecular complexity index is 4010. The molecule has 1 aliphatic heterocycles. The normalized spacial score (nSPS) is 19.8. The average molecular weight is 1420 g/mol. The lowest BCUT2D eigenvalue weighted by Gasteiger charge is -2.51. The number of rotatable bonds is 24. The molecule has 0 N–H and O–H groups in total. The Morgan fingerprint density at radius 3 is 0.667 bits per heavy atom. The van der Waals surface area contributed by atoms with Gasteiger partial charge in [0, 0.05) is 0 Å². The van der Waals surface area contributed by atoms with Gasteiger partial charge in [-0.3, -0.25) is 0 Å². The second kappa shape index (κ2) is 26.7. The van der Waals surface area contributed by atoms with Gasteiger partial charge in [0.15, 0.2) is 22.3 Å². The number of oxazole rings is 4.